The number of carbonyl (C=O) groups is 1. The van der Waals surface area contributed by atoms with Crippen molar-refractivity contribution in [3.05, 3.63) is 23.8 Å². The topological polar surface area (TPSA) is 51.2 Å². The van der Waals surface area contributed by atoms with Crippen molar-refractivity contribution in [2.75, 3.05) is 19.0 Å². The number of carbonyl (C=O) groups excluding carboxylic acids is 1. The van der Waals surface area contributed by atoms with E-state index < -0.39 is 0 Å². The van der Waals surface area contributed by atoms with Gasteiger partial charge < -0.3 is 4.74 Å². The van der Waals surface area contributed by atoms with Gasteiger partial charge in [0.05, 0.1) is 10.2 Å². The maximum absolute atomic E-state index is 11.4. The summed E-state index contributed by atoms with van der Waals surface area (Å²) in [4.78, 5) is 15.8. The summed E-state index contributed by atoms with van der Waals surface area (Å²) in [6, 6.07) is 6.28. The van der Waals surface area contributed by atoms with Crippen molar-refractivity contribution in [2.45, 2.75) is 26.2 Å². The van der Waals surface area contributed by atoms with Crippen molar-refractivity contribution in [3.63, 3.8) is 0 Å². The van der Waals surface area contributed by atoms with Crippen LogP contribution < -0.4 is 5.32 Å². The van der Waals surface area contributed by atoms with E-state index in [2.05, 4.69) is 36.3 Å². The Balaban J connectivity index is 2.23. The molecule has 1 amide bonds. The van der Waals surface area contributed by atoms with E-state index in [4.69, 9.17) is 4.74 Å². The van der Waals surface area contributed by atoms with Gasteiger partial charge in [-0.05, 0) is 30.0 Å². The summed E-state index contributed by atoms with van der Waals surface area (Å²) < 4.78 is 5.88. The number of ether oxygens (including phenoxy) is 1. The van der Waals surface area contributed by atoms with Gasteiger partial charge >= 0.3 is 0 Å². The summed E-state index contributed by atoms with van der Waals surface area (Å²) in [6.07, 6.45) is 1.11. The third-order valence-corrected chi connectivity index (χ3v) is 4.05. The number of thiazole rings is 1. The zero-order valence-electron chi connectivity index (χ0n) is 11.4. The van der Waals surface area contributed by atoms with Gasteiger partial charge in [0.1, 0.15) is 6.61 Å². The van der Waals surface area contributed by atoms with E-state index >= 15 is 0 Å². The first-order valence-electron chi connectivity index (χ1n) is 6.33. The summed E-state index contributed by atoms with van der Waals surface area (Å²) in [5, 5.41) is 3.36. The maximum Gasteiger partial charge on any atom is 0.252 e. The number of aromatic nitrogens is 1. The van der Waals surface area contributed by atoms with Crippen molar-refractivity contribution >= 4 is 32.6 Å². The number of anilines is 1. The van der Waals surface area contributed by atoms with Crippen molar-refractivity contribution in [1.82, 2.24) is 4.98 Å². The third kappa shape index (κ3) is 3.30. The third-order valence-electron chi connectivity index (χ3n) is 3.12. The number of hydrogen-bond acceptors (Lipinski definition) is 4. The lowest BCUT2D eigenvalue weighted by atomic mass is 9.99. The molecule has 19 heavy (non-hydrogen) atoms. The highest BCUT2D eigenvalue weighted by Crippen LogP contribution is 2.29. The summed E-state index contributed by atoms with van der Waals surface area (Å²) in [5.74, 6) is 0.363. The number of benzene rings is 1. The Kier molecular flexibility index (Phi) is 4.50. The van der Waals surface area contributed by atoms with Crippen LogP contribution in [0.3, 0.4) is 0 Å². The number of methoxy groups -OCH3 is 1. The molecule has 0 spiro atoms. The van der Waals surface area contributed by atoms with Crippen LogP contribution in [0.2, 0.25) is 0 Å². The van der Waals surface area contributed by atoms with Crippen LogP contribution in [0, 0.1) is 0 Å². The van der Waals surface area contributed by atoms with E-state index in [0.29, 0.717) is 11.0 Å². The predicted molar refractivity (Wildman–Crippen MR) is 78.8 cm³/mol. The quantitative estimate of drug-likeness (QED) is 0.912. The van der Waals surface area contributed by atoms with Crippen molar-refractivity contribution < 1.29 is 9.53 Å². The molecule has 102 valence electrons. The van der Waals surface area contributed by atoms with E-state index in [0.717, 1.165) is 16.6 Å². The lowest BCUT2D eigenvalue weighted by molar-refractivity contribution is -0.119. The van der Waals surface area contributed by atoms with Gasteiger partial charge in [-0.2, -0.15) is 0 Å². The fourth-order valence-electron chi connectivity index (χ4n) is 1.82. The van der Waals surface area contributed by atoms with Gasteiger partial charge in [0, 0.05) is 7.11 Å². The number of amides is 1. The second-order valence-corrected chi connectivity index (χ2v) is 5.57. The fraction of sp³-hybridized carbons (Fsp3) is 0.429. The molecule has 2 aromatic rings. The predicted octanol–water partition coefficient (Wildman–Crippen LogP) is 3.39. The minimum absolute atomic E-state index is 0.0496. The Morgan fingerprint density at radius 1 is 1.53 bits per heavy atom. The lowest BCUT2D eigenvalue weighted by Crippen LogP contribution is -2.16. The molecule has 1 N–H and O–H groups in total. The average Bonchev–Trinajstić information content (AvgIpc) is 2.78. The highest BCUT2D eigenvalue weighted by molar-refractivity contribution is 7.22. The first-order chi connectivity index (χ1) is 9.13. The second kappa shape index (κ2) is 6.12. The van der Waals surface area contributed by atoms with E-state index in [1.807, 2.05) is 6.07 Å². The monoisotopic (exact) mass is 278 g/mol. The Bertz CT molecular complexity index is 580. The molecule has 0 fully saturated rings. The van der Waals surface area contributed by atoms with E-state index in [9.17, 15) is 4.79 Å². The second-order valence-electron chi connectivity index (χ2n) is 4.54. The summed E-state index contributed by atoms with van der Waals surface area (Å²) >= 11 is 1.49. The molecular weight excluding hydrogens is 260 g/mol. The van der Waals surface area contributed by atoms with Crippen molar-refractivity contribution in [1.29, 1.82) is 0 Å². The Morgan fingerprint density at radius 2 is 2.32 bits per heavy atom. The maximum atomic E-state index is 11.4. The molecule has 2 rings (SSSR count). The van der Waals surface area contributed by atoms with Crippen LogP contribution in [0.1, 0.15) is 31.7 Å². The molecule has 5 heteroatoms. The van der Waals surface area contributed by atoms with E-state index in [1.54, 1.807) is 0 Å². The largest absolute Gasteiger partial charge is 0.375 e. The van der Waals surface area contributed by atoms with Crippen LogP contribution in [-0.2, 0) is 9.53 Å². The van der Waals surface area contributed by atoms with Crippen LogP contribution >= 0.6 is 11.3 Å². The Morgan fingerprint density at radius 3 is 3.00 bits per heavy atom. The standard InChI is InChI=1S/C14H18N2O2S/c1-4-9(2)10-5-6-11-12(7-10)19-14(15-11)16-13(17)8-18-3/h5-7,9H,4,8H2,1-3H3,(H,15,16,17). The van der Waals surface area contributed by atoms with Gasteiger partial charge in [-0.3, -0.25) is 10.1 Å². The minimum atomic E-state index is -0.177. The van der Waals surface area contributed by atoms with Gasteiger partial charge in [0.2, 0.25) is 0 Å². The van der Waals surface area contributed by atoms with Crippen molar-refractivity contribution in [3.8, 4) is 0 Å². The van der Waals surface area contributed by atoms with Gasteiger partial charge in [-0.25, -0.2) is 4.98 Å². The summed E-state index contributed by atoms with van der Waals surface area (Å²) in [5.41, 5.74) is 2.23. The molecular formula is C14H18N2O2S. The molecule has 1 aromatic heterocycles. The van der Waals surface area contributed by atoms with Crippen LogP contribution in [0.4, 0.5) is 5.13 Å². The van der Waals surface area contributed by atoms with Crippen LogP contribution in [0.25, 0.3) is 10.2 Å². The summed E-state index contributed by atoms with van der Waals surface area (Å²) in [6.45, 7) is 4.44. The highest BCUT2D eigenvalue weighted by Gasteiger charge is 2.09. The number of hydrogen-bond donors (Lipinski definition) is 1. The zero-order valence-corrected chi connectivity index (χ0v) is 12.2. The first kappa shape index (κ1) is 14.0. The van der Waals surface area contributed by atoms with Crippen LogP contribution in [-0.4, -0.2) is 24.6 Å². The zero-order chi connectivity index (χ0) is 13.8. The average molecular weight is 278 g/mol. The molecule has 1 unspecified atom stereocenters. The summed E-state index contributed by atoms with van der Waals surface area (Å²) in [7, 11) is 1.50. The normalized spacial score (nSPS) is 12.6. The molecule has 0 saturated heterocycles. The lowest BCUT2D eigenvalue weighted by Gasteiger charge is -2.07. The Hall–Kier alpha value is -1.46. The fourth-order valence-corrected chi connectivity index (χ4v) is 2.75. The SMILES string of the molecule is CCC(C)c1ccc2nc(NC(=O)COC)sc2c1. The van der Waals surface area contributed by atoms with E-state index in [1.165, 1.54) is 24.0 Å². The van der Waals surface area contributed by atoms with Gasteiger partial charge in [-0.1, -0.05) is 31.3 Å². The first-order valence-corrected chi connectivity index (χ1v) is 7.15. The molecule has 1 heterocycles. The van der Waals surface area contributed by atoms with E-state index in [-0.39, 0.29) is 12.5 Å². The Labute approximate surface area is 116 Å². The molecule has 1 aromatic carbocycles. The molecule has 4 nitrogen and oxygen atoms in total. The van der Waals surface area contributed by atoms with Crippen LogP contribution in [0.5, 0.6) is 0 Å². The molecule has 0 bridgehead atoms. The number of nitrogens with zero attached hydrogens (tertiary/aromatic N) is 1. The number of rotatable bonds is 5. The van der Waals surface area contributed by atoms with Crippen LogP contribution in [0.15, 0.2) is 18.2 Å². The molecule has 0 radical (unpaired) electrons. The minimum Gasteiger partial charge on any atom is -0.375 e. The van der Waals surface area contributed by atoms with Gasteiger partial charge in [0.15, 0.2) is 5.13 Å². The number of fused-ring (bicyclic) bond motifs is 1. The molecule has 0 aliphatic carbocycles. The van der Waals surface area contributed by atoms with Crippen molar-refractivity contribution in [2.24, 2.45) is 0 Å². The van der Waals surface area contributed by atoms with Gasteiger partial charge in [-0.15, -0.1) is 0 Å². The smallest absolute Gasteiger partial charge is 0.252 e. The molecule has 0 aliphatic heterocycles. The molecule has 0 aliphatic rings. The molecule has 1 atom stereocenters. The van der Waals surface area contributed by atoms with Gasteiger partial charge in [0.25, 0.3) is 5.91 Å². The highest BCUT2D eigenvalue weighted by atomic mass is 32.1. The number of nitrogens with one attached hydrogen (secondary N) is 1. The molecule has 0 saturated carbocycles.